The minimum absolute atomic E-state index is 0.253. The van der Waals surface area contributed by atoms with Crippen molar-refractivity contribution in [3.63, 3.8) is 0 Å². The largest absolute Gasteiger partial charge is 0.401 e. The molecule has 1 aliphatic rings. The van der Waals surface area contributed by atoms with E-state index in [1.807, 2.05) is 0 Å². The summed E-state index contributed by atoms with van der Waals surface area (Å²) in [5, 5.41) is 9.19. The maximum atomic E-state index is 13.0. The second kappa shape index (κ2) is 5.92. The third-order valence-corrected chi connectivity index (χ3v) is 3.15. The van der Waals surface area contributed by atoms with Gasteiger partial charge >= 0.3 is 6.18 Å². The molecule has 1 saturated heterocycles. The van der Waals surface area contributed by atoms with Crippen molar-refractivity contribution in [2.75, 3.05) is 37.6 Å². The van der Waals surface area contributed by atoms with Gasteiger partial charge in [0.05, 0.1) is 19.3 Å². The predicted octanol–water partition coefficient (Wildman–Crippen LogP) is 1.40. The smallest absolute Gasteiger partial charge is 0.392 e. The van der Waals surface area contributed by atoms with Crippen molar-refractivity contribution in [3.8, 4) is 0 Å². The number of hydrogen-bond acceptors (Lipinski definition) is 4. The van der Waals surface area contributed by atoms with Crippen LogP contribution >= 0.6 is 0 Å². The van der Waals surface area contributed by atoms with Gasteiger partial charge in [-0.05, 0) is 6.07 Å². The summed E-state index contributed by atoms with van der Waals surface area (Å²) in [7, 11) is 0. The Hall–Kier alpha value is -1.41. The second-order valence-electron chi connectivity index (χ2n) is 4.67. The molecule has 0 spiro atoms. The average molecular weight is 293 g/mol. The van der Waals surface area contributed by atoms with Crippen LogP contribution < -0.4 is 4.90 Å². The summed E-state index contributed by atoms with van der Waals surface area (Å²) in [6.07, 6.45) is -3.16. The Bertz CT molecular complexity index is 459. The molecule has 0 aliphatic carbocycles. The highest BCUT2D eigenvalue weighted by molar-refractivity contribution is 5.47. The van der Waals surface area contributed by atoms with E-state index in [9.17, 15) is 22.7 Å². The van der Waals surface area contributed by atoms with Crippen molar-refractivity contribution >= 4 is 5.82 Å². The number of rotatable bonds is 3. The molecule has 0 radical (unpaired) electrons. The second-order valence-corrected chi connectivity index (χ2v) is 4.67. The van der Waals surface area contributed by atoms with E-state index in [-0.39, 0.29) is 19.7 Å². The Kier molecular flexibility index (Phi) is 4.44. The first-order valence-electron chi connectivity index (χ1n) is 6.18. The topological polar surface area (TPSA) is 39.6 Å². The first kappa shape index (κ1) is 15.0. The highest BCUT2D eigenvalue weighted by Crippen LogP contribution is 2.22. The van der Waals surface area contributed by atoms with Crippen LogP contribution in [0, 0.1) is 5.82 Å². The van der Waals surface area contributed by atoms with Gasteiger partial charge < -0.3 is 10.0 Å². The van der Waals surface area contributed by atoms with Gasteiger partial charge in [0.1, 0.15) is 11.6 Å². The van der Waals surface area contributed by atoms with Gasteiger partial charge in [0.15, 0.2) is 0 Å². The molecule has 0 unspecified atom stereocenters. The number of aliphatic hydroxyl groups is 1. The van der Waals surface area contributed by atoms with Gasteiger partial charge in [-0.1, -0.05) is 0 Å². The summed E-state index contributed by atoms with van der Waals surface area (Å²) < 4.78 is 49.9. The summed E-state index contributed by atoms with van der Waals surface area (Å²) in [6, 6.07) is 1.18. The molecule has 4 nitrogen and oxygen atoms in total. The minimum Gasteiger partial charge on any atom is -0.392 e. The maximum Gasteiger partial charge on any atom is 0.401 e. The average Bonchev–Trinajstić information content (AvgIpc) is 2.38. The molecule has 20 heavy (non-hydrogen) atoms. The summed E-state index contributed by atoms with van der Waals surface area (Å²) in [4.78, 5) is 7.00. The van der Waals surface area contributed by atoms with E-state index in [0.29, 0.717) is 24.5 Å². The highest BCUT2D eigenvalue weighted by Gasteiger charge is 2.32. The van der Waals surface area contributed by atoms with Crippen molar-refractivity contribution in [2.45, 2.75) is 12.8 Å². The van der Waals surface area contributed by atoms with Crippen LogP contribution in [0.1, 0.15) is 5.56 Å². The zero-order chi connectivity index (χ0) is 14.8. The number of pyridine rings is 1. The molecule has 0 saturated carbocycles. The molecule has 1 aliphatic heterocycles. The molecule has 2 rings (SSSR count). The van der Waals surface area contributed by atoms with Crippen LogP contribution in [-0.4, -0.2) is 53.9 Å². The Balaban J connectivity index is 2.00. The first-order valence-corrected chi connectivity index (χ1v) is 6.18. The molecule has 0 aromatic carbocycles. The SMILES string of the molecule is OCc1cc(F)cnc1N1CCN(CC(F)(F)F)CC1. The van der Waals surface area contributed by atoms with Crippen molar-refractivity contribution in [3.05, 3.63) is 23.6 Å². The zero-order valence-electron chi connectivity index (χ0n) is 10.7. The third kappa shape index (κ3) is 3.80. The fraction of sp³-hybridized carbons (Fsp3) is 0.583. The van der Waals surface area contributed by atoms with Crippen molar-refractivity contribution in [1.29, 1.82) is 0 Å². The lowest BCUT2D eigenvalue weighted by atomic mass is 10.2. The van der Waals surface area contributed by atoms with Crippen molar-refractivity contribution < 1.29 is 22.7 Å². The number of hydrogen-bond donors (Lipinski definition) is 1. The molecule has 8 heteroatoms. The van der Waals surface area contributed by atoms with Crippen molar-refractivity contribution in [1.82, 2.24) is 9.88 Å². The summed E-state index contributed by atoms with van der Waals surface area (Å²) in [5.74, 6) is -0.117. The van der Waals surface area contributed by atoms with Crippen LogP contribution in [0.4, 0.5) is 23.4 Å². The molecule has 0 bridgehead atoms. The Morgan fingerprint density at radius 2 is 1.85 bits per heavy atom. The van der Waals surface area contributed by atoms with E-state index in [1.54, 1.807) is 4.90 Å². The number of piperazine rings is 1. The van der Waals surface area contributed by atoms with Gasteiger partial charge in [-0.2, -0.15) is 13.2 Å². The van der Waals surface area contributed by atoms with Crippen LogP contribution in [0.3, 0.4) is 0 Å². The van der Waals surface area contributed by atoms with E-state index in [2.05, 4.69) is 4.98 Å². The van der Waals surface area contributed by atoms with Gasteiger partial charge in [-0.3, -0.25) is 4.90 Å². The first-order chi connectivity index (χ1) is 9.39. The number of aliphatic hydroxyl groups excluding tert-OH is 1. The molecule has 112 valence electrons. The highest BCUT2D eigenvalue weighted by atomic mass is 19.4. The summed E-state index contributed by atoms with van der Waals surface area (Å²) in [5.41, 5.74) is 0.342. The van der Waals surface area contributed by atoms with Crippen LogP contribution in [0.5, 0.6) is 0 Å². The summed E-state index contributed by atoms with van der Waals surface area (Å²) >= 11 is 0. The van der Waals surface area contributed by atoms with Gasteiger partial charge in [-0.25, -0.2) is 9.37 Å². The van der Waals surface area contributed by atoms with Crippen LogP contribution in [0.2, 0.25) is 0 Å². The molecule has 1 aromatic rings. The molecular weight excluding hydrogens is 278 g/mol. The lowest BCUT2D eigenvalue weighted by Crippen LogP contribution is -2.49. The van der Waals surface area contributed by atoms with E-state index < -0.39 is 18.5 Å². The molecular formula is C12H15F4N3O. The molecule has 0 atom stereocenters. The zero-order valence-corrected chi connectivity index (χ0v) is 10.7. The van der Waals surface area contributed by atoms with Gasteiger partial charge in [0, 0.05) is 31.7 Å². The van der Waals surface area contributed by atoms with Crippen LogP contribution in [-0.2, 0) is 6.61 Å². The number of halogens is 4. The number of anilines is 1. The normalized spacial score (nSPS) is 17.6. The van der Waals surface area contributed by atoms with Gasteiger partial charge in [-0.15, -0.1) is 0 Å². The molecule has 1 aromatic heterocycles. The predicted molar refractivity (Wildman–Crippen MR) is 64.8 cm³/mol. The lowest BCUT2D eigenvalue weighted by Gasteiger charge is -2.36. The number of nitrogens with zero attached hydrogens (tertiary/aromatic N) is 3. The monoisotopic (exact) mass is 293 g/mol. The van der Waals surface area contributed by atoms with E-state index >= 15 is 0 Å². The quantitative estimate of drug-likeness (QED) is 0.855. The lowest BCUT2D eigenvalue weighted by molar-refractivity contribution is -0.146. The van der Waals surface area contributed by atoms with E-state index in [1.165, 1.54) is 11.0 Å². The van der Waals surface area contributed by atoms with Gasteiger partial charge in [0.2, 0.25) is 0 Å². The Morgan fingerprint density at radius 1 is 1.20 bits per heavy atom. The third-order valence-electron chi connectivity index (χ3n) is 3.15. The van der Waals surface area contributed by atoms with Gasteiger partial charge in [0.25, 0.3) is 0 Å². The number of aromatic nitrogens is 1. The van der Waals surface area contributed by atoms with E-state index in [0.717, 1.165) is 6.20 Å². The Labute approximate surface area is 113 Å². The Morgan fingerprint density at radius 3 is 2.40 bits per heavy atom. The minimum atomic E-state index is -4.20. The van der Waals surface area contributed by atoms with Crippen LogP contribution in [0.25, 0.3) is 0 Å². The molecule has 0 amide bonds. The van der Waals surface area contributed by atoms with E-state index in [4.69, 9.17) is 0 Å². The van der Waals surface area contributed by atoms with Crippen LogP contribution in [0.15, 0.2) is 12.3 Å². The molecule has 1 N–H and O–H groups in total. The fourth-order valence-electron chi connectivity index (χ4n) is 2.25. The van der Waals surface area contributed by atoms with Crippen molar-refractivity contribution in [2.24, 2.45) is 0 Å². The molecule has 2 heterocycles. The summed E-state index contributed by atoms with van der Waals surface area (Å²) in [6.45, 7) is -0.0519. The number of alkyl halides is 3. The fourth-order valence-corrected chi connectivity index (χ4v) is 2.25. The standard InChI is InChI=1S/C12H15F4N3O/c13-10-5-9(7-20)11(17-6-10)19-3-1-18(2-4-19)8-12(14,15)16/h5-6,20H,1-4,7-8H2. The molecule has 1 fully saturated rings. The maximum absolute atomic E-state index is 13.0.